The molecule has 140 valence electrons. The number of aromatic nitrogens is 2. The maximum atomic E-state index is 13.1. The Hall–Kier alpha value is -2.02. The Morgan fingerprint density at radius 2 is 2.04 bits per heavy atom. The molecule has 1 aliphatic carbocycles. The molecule has 1 saturated carbocycles. The van der Waals surface area contributed by atoms with E-state index >= 15 is 0 Å². The minimum Gasteiger partial charge on any atom is -0.326 e. The van der Waals surface area contributed by atoms with Crippen molar-refractivity contribution < 1.29 is 18.0 Å². The van der Waals surface area contributed by atoms with Gasteiger partial charge in [-0.05, 0) is 43.9 Å². The van der Waals surface area contributed by atoms with Gasteiger partial charge in [-0.25, -0.2) is 0 Å². The van der Waals surface area contributed by atoms with Crippen LogP contribution in [0.2, 0.25) is 5.02 Å². The lowest BCUT2D eigenvalue weighted by molar-refractivity contribution is -0.141. The summed E-state index contributed by atoms with van der Waals surface area (Å²) in [7, 11) is 0. The summed E-state index contributed by atoms with van der Waals surface area (Å²) >= 11 is 5.93. The van der Waals surface area contributed by atoms with Crippen molar-refractivity contribution in [1.29, 1.82) is 0 Å². The highest BCUT2D eigenvalue weighted by atomic mass is 35.5. The van der Waals surface area contributed by atoms with Crippen molar-refractivity contribution in [3.8, 4) is 0 Å². The smallest absolute Gasteiger partial charge is 0.326 e. The van der Waals surface area contributed by atoms with Crippen molar-refractivity contribution >= 4 is 23.2 Å². The molecule has 2 aromatic rings. The molecule has 0 radical (unpaired) electrons. The molecule has 4 nitrogen and oxygen atoms in total. The molecule has 26 heavy (non-hydrogen) atoms. The summed E-state index contributed by atoms with van der Waals surface area (Å²) in [6, 6.07) is 5.58. The molecular formula is C18H19ClF3N3O. The van der Waals surface area contributed by atoms with Gasteiger partial charge in [-0.3, -0.25) is 9.48 Å². The second kappa shape index (κ2) is 6.95. The summed E-state index contributed by atoms with van der Waals surface area (Å²) in [6.45, 7) is 3.90. The summed E-state index contributed by atoms with van der Waals surface area (Å²) in [5.74, 6) is -0.284. The summed E-state index contributed by atoms with van der Waals surface area (Å²) in [5, 5.41) is 6.10. The molecule has 3 rings (SSSR count). The fraction of sp³-hybridized carbons (Fsp3) is 0.444. The maximum absolute atomic E-state index is 13.1. The summed E-state index contributed by atoms with van der Waals surface area (Å²) < 4.78 is 40.4. The topological polar surface area (TPSA) is 46.9 Å². The van der Waals surface area contributed by atoms with Gasteiger partial charge in [0.25, 0.3) is 0 Å². The zero-order valence-corrected chi connectivity index (χ0v) is 15.2. The van der Waals surface area contributed by atoms with Gasteiger partial charge >= 0.3 is 6.18 Å². The monoisotopic (exact) mass is 385 g/mol. The van der Waals surface area contributed by atoms with E-state index in [1.165, 1.54) is 4.68 Å². The summed E-state index contributed by atoms with van der Waals surface area (Å²) in [5.41, 5.74) is 2.02. The first-order valence-corrected chi connectivity index (χ1v) is 8.75. The van der Waals surface area contributed by atoms with Crippen LogP contribution >= 0.6 is 11.6 Å². The van der Waals surface area contributed by atoms with Gasteiger partial charge in [-0.1, -0.05) is 23.7 Å². The van der Waals surface area contributed by atoms with E-state index in [9.17, 15) is 18.0 Å². The molecule has 1 amide bonds. The average molecular weight is 386 g/mol. The van der Waals surface area contributed by atoms with Crippen LogP contribution in [0.1, 0.15) is 47.7 Å². The van der Waals surface area contributed by atoms with Crippen molar-refractivity contribution in [3.05, 3.63) is 45.7 Å². The zero-order chi connectivity index (χ0) is 19.1. The Bertz CT molecular complexity index is 841. The van der Waals surface area contributed by atoms with Crippen molar-refractivity contribution in [2.45, 2.75) is 51.7 Å². The number of carbonyl (C=O) groups is 1. The van der Waals surface area contributed by atoms with Crippen LogP contribution in [-0.4, -0.2) is 15.7 Å². The molecule has 0 atom stereocenters. The number of aryl methyl sites for hydroxylation is 2. The van der Waals surface area contributed by atoms with Gasteiger partial charge in [0.15, 0.2) is 5.69 Å². The number of hydrogen-bond acceptors (Lipinski definition) is 2. The molecule has 1 aliphatic rings. The Morgan fingerprint density at radius 1 is 1.35 bits per heavy atom. The third-order valence-corrected chi connectivity index (χ3v) is 4.97. The minimum atomic E-state index is -4.60. The van der Waals surface area contributed by atoms with E-state index in [0.717, 1.165) is 24.0 Å². The van der Waals surface area contributed by atoms with Crippen molar-refractivity contribution in [2.75, 3.05) is 5.32 Å². The van der Waals surface area contributed by atoms with Gasteiger partial charge in [0.2, 0.25) is 5.91 Å². The molecule has 0 saturated heterocycles. The lowest BCUT2D eigenvalue weighted by Crippen LogP contribution is -2.17. The van der Waals surface area contributed by atoms with Crippen LogP contribution in [0.3, 0.4) is 0 Å². The van der Waals surface area contributed by atoms with Gasteiger partial charge in [-0.2, -0.15) is 18.3 Å². The van der Waals surface area contributed by atoms with E-state index in [2.05, 4.69) is 10.4 Å². The van der Waals surface area contributed by atoms with Crippen LogP contribution in [0.25, 0.3) is 0 Å². The molecule has 1 heterocycles. The zero-order valence-electron chi connectivity index (χ0n) is 14.5. The van der Waals surface area contributed by atoms with Crippen LogP contribution in [0.4, 0.5) is 18.9 Å². The Morgan fingerprint density at radius 3 is 2.65 bits per heavy atom. The molecule has 1 aromatic heterocycles. The Balaban J connectivity index is 1.73. The predicted octanol–water partition coefficient (Wildman–Crippen LogP) is 5.08. The first kappa shape index (κ1) is 18.8. The highest BCUT2D eigenvalue weighted by molar-refractivity contribution is 6.32. The Kier molecular flexibility index (Phi) is 5.01. The van der Waals surface area contributed by atoms with Crippen molar-refractivity contribution in [3.63, 3.8) is 0 Å². The number of halogens is 4. The van der Waals surface area contributed by atoms with Gasteiger partial charge < -0.3 is 5.32 Å². The maximum Gasteiger partial charge on any atom is 0.436 e. The van der Waals surface area contributed by atoms with Crippen LogP contribution in [0.5, 0.6) is 0 Å². The Labute approximate surface area is 154 Å². The van der Waals surface area contributed by atoms with E-state index < -0.39 is 11.9 Å². The molecule has 0 spiro atoms. The molecule has 0 bridgehead atoms. The number of benzene rings is 1. The lowest BCUT2D eigenvalue weighted by Gasteiger charge is -2.11. The first-order valence-electron chi connectivity index (χ1n) is 8.38. The minimum absolute atomic E-state index is 0.00632. The third-order valence-electron chi connectivity index (χ3n) is 4.59. The molecule has 1 fully saturated rings. The molecule has 0 unspecified atom stereocenters. The number of hydrogen-bond donors (Lipinski definition) is 1. The number of nitrogens with zero attached hydrogens (tertiary/aromatic N) is 2. The fourth-order valence-corrected chi connectivity index (χ4v) is 3.25. The average Bonchev–Trinajstić information content (AvgIpc) is 3.32. The number of amides is 1. The van der Waals surface area contributed by atoms with Crippen molar-refractivity contribution in [1.82, 2.24) is 9.78 Å². The predicted molar refractivity (Wildman–Crippen MR) is 93.4 cm³/mol. The van der Waals surface area contributed by atoms with Gasteiger partial charge in [0.05, 0.1) is 17.3 Å². The van der Waals surface area contributed by atoms with Gasteiger partial charge in [-0.15, -0.1) is 0 Å². The number of anilines is 1. The number of carbonyl (C=O) groups excluding carboxylic acids is 1. The first-order chi connectivity index (χ1) is 12.2. The molecule has 8 heteroatoms. The number of nitrogens with one attached hydrogen (secondary N) is 1. The van der Waals surface area contributed by atoms with Gasteiger partial charge in [0.1, 0.15) is 0 Å². The van der Waals surface area contributed by atoms with Crippen molar-refractivity contribution in [2.24, 2.45) is 0 Å². The van der Waals surface area contributed by atoms with E-state index in [1.807, 2.05) is 26.0 Å². The van der Waals surface area contributed by atoms with Crippen LogP contribution in [-0.2, 0) is 17.5 Å². The largest absolute Gasteiger partial charge is 0.436 e. The summed E-state index contributed by atoms with van der Waals surface area (Å²) in [6.07, 6.45) is -3.01. The van der Waals surface area contributed by atoms with E-state index in [0.29, 0.717) is 11.4 Å². The van der Waals surface area contributed by atoms with Gasteiger partial charge in [0, 0.05) is 18.0 Å². The third kappa shape index (κ3) is 3.87. The standard InChI is InChI=1S/C18H19ClF3N3O/c1-10-4-3-5-13(11(10)2)23-14(26)8-9-25-16(12-6-7-12)15(19)17(24-25)18(20,21)22/h3-5,12H,6-9H2,1-2H3,(H,23,26). The summed E-state index contributed by atoms with van der Waals surface area (Å²) in [4.78, 5) is 12.2. The lowest BCUT2D eigenvalue weighted by atomic mass is 10.1. The highest BCUT2D eigenvalue weighted by Crippen LogP contribution is 2.46. The fourth-order valence-electron chi connectivity index (χ4n) is 2.86. The van der Waals surface area contributed by atoms with Crippen LogP contribution < -0.4 is 5.32 Å². The molecule has 0 aliphatic heterocycles. The molecule has 1 aromatic carbocycles. The SMILES string of the molecule is Cc1cccc(NC(=O)CCn2nc(C(F)(F)F)c(Cl)c2C2CC2)c1C. The second-order valence-corrected chi connectivity index (χ2v) is 6.97. The number of alkyl halides is 3. The van der Waals surface area contributed by atoms with Crippen LogP contribution in [0, 0.1) is 13.8 Å². The van der Waals surface area contributed by atoms with E-state index in [4.69, 9.17) is 11.6 Å². The van der Waals surface area contributed by atoms with E-state index in [-0.39, 0.29) is 29.8 Å². The normalized spacial score (nSPS) is 14.5. The number of rotatable bonds is 5. The molecular weight excluding hydrogens is 367 g/mol. The molecule has 1 N–H and O–H groups in total. The quantitative estimate of drug-likeness (QED) is 0.780. The van der Waals surface area contributed by atoms with E-state index in [1.54, 1.807) is 6.07 Å². The highest BCUT2D eigenvalue weighted by Gasteiger charge is 2.42. The van der Waals surface area contributed by atoms with Crippen LogP contribution in [0.15, 0.2) is 18.2 Å². The second-order valence-electron chi connectivity index (χ2n) is 6.59.